The average Bonchev–Trinajstić information content (AvgIpc) is 2.45. The number of primary amides is 1. The second-order valence-corrected chi connectivity index (χ2v) is 3.98. The quantitative estimate of drug-likeness (QED) is 0.890. The molecule has 0 saturated heterocycles. The first-order chi connectivity index (χ1) is 9.27. The third kappa shape index (κ3) is 3.71. The van der Waals surface area contributed by atoms with Gasteiger partial charge in [-0.2, -0.15) is 0 Å². The van der Waals surface area contributed by atoms with Gasteiger partial charge in [-0.05, 0) is 23.8 Å². The molecule has 0 fully saturated rings. The molecule has 2 aromatic rings. The van der Waals surface area contributed by atoms with Crippen molar-refractivity contribution in [1.82, 2.24) is 0 Å². The summed E-state index contributed by atoms with van der Waals surface area (Å²) in [5.74, 6) is 0.0235. The van der Waals surface area contributed by atoms with Gasteiger partial charge in [0.15, 0.2) is 0 Å². The van der Waals surface area contributed by atoms with Gasteiger partial charge in [0, 0.05) is 0 Å². The average molecular weight is 253 g/mol. The lowest BCUT2D eigenvalue weighted by atomic mass is 10.2. The van der Waals surface area contributed by atoms with Crippen LogP contribution in [-0.4, -0.2) is 12.5 Å². The molecule has 0 unspecified atom stereocenters. The lowest BCUT2D eigenvalue weighted by molar-refractivity contribution is 0.0997. The number of ether oxygens (including phenoxy) is 1. The summed E-state index contributed by atoms with van der Waals surface area (Å²) >= 11 is 0. The van der Waals surface area contributed by atoms with Crippen molar-refractivity contribution in [3.05, 3.63) is 71.8 Å². The first kappa shape index (κ1) is 12.9. The summed E-state index contributed by atoms with van der Waals surface area (Å²) in [5.41, 5.74) is 6.78. The number of para-hydroxylation sites is 1. The van der Waals surface area contributed by atoms with Crippen LogP contribution in [0.15, 0.2) is 60.7 Å². The Hall–Kier alpha value is -2.55. The summed E-state index contributed by atoms with van der Waals surface area (Å²) in [5, 5.41) is 0. The van der Waals surface area contributed by atoms with Crippen LogP contribution in [0.1, 0.15) is 15.9 Å². The van der Waals surface area contributed by atoms with Crippen molar-refractivity contribution in [2.45, 2.75) is 0 Å². The second-order valence-electron chi connectivity index (χ2n) is 3.98. The zero-order chi connectivity index (χ0) is 13.5. The molecule has 19 heavy (non-hydrogen) atoms. The first-order valence-corrected chi connectivity index (χ1v) is 6.00. The Morgan fingerprint density at radius 2 is 1.74 bits per heavy atom. The molecule has 0 radical (unpaired) electrons. The summed E-state index contributed by atoms with van der Waals surface area (Å²) in [6.07, 6.45) is 3.86. The predicted molar refractivity (Wildman–Crippen MR) is 75.9 cm³/mol. The molecule has 0 aromatic heterocycles. The highest BCUT2D eigenvalue weighted by atomic mass is 16.5. The largest absolute Gasteiger partial charge is 0.489 e. The van der Waals surface area contributed by atoms with Gasteiger partial charge in [-0.15, -0.1) is 0 Å². The van der Waals surface area contributed by atoms with Crippen molar-refractivity contribution in [1.29, 1.82) is 0 Å². The summed E-state index contributed by atoms with van der Waals surface area (Å²) in [4.78, 5) is 11.2. The van der Waals surface area contributed by atoms with Crippen LogP contribution in [-0.2, 0) is 0 Å². The minimum absolute atomic E-state index is 0.388. The van der Waals surface area contributed by atoms with E-state index >= 15 is 0 Å². The Labute approximate surface area is 112 Å². The fourth-order valence-corrected chi connectivity index (χ4v) is 1.68. The Bertz CT molecular complexity index is 576. The third-order valence-corrected chi connectivity index (χ3v) is 2.60. The van der Waals surface area contributed by atoms with Crippen LogP contribution in [0.3, 0.4) is 0 Å². The molecule has 3 nitrogen and oxygen atoms in total. The number of nitrogens with two attached hydrogens (primary N) is 1. The normalized spacial score (nSPS) is 10.5. The summed E-state index contributed by atoms with van der Waals surface area (Å²) in [6, 6.07) is 16.9. The SMILES string of the molecule is NC(=O)c1ccccc1OC/C=C/c1ccccc1. The molecule has 0 aliphatic carbocycles. The Kier molecular flexibility index (Phi) is 4.34. The van der Waals surface area contributed by atoms with E-state index in [0.29, 0.717) is 17.9 Å². The van der Waals surface area contributed by atoms with Gasteiger partial charge in [0.1, 0.15) is 12.4 Å². The molecule has 2 N–H and O–H groups in total. The highest BCUT2D eigenvalue weighted by Gasteiger charge is 2.06. The Balaban J connectivity index is 1.96. The van der Waals surface area contributed by atoms with E-state index in [-0.39, 0.29) is 0 Å². The van der Waals surface area contributed by atoms with Crippen molar-refractivity contribution < 1.29 is 9.53 Å². The standard InChI is InChI=1S/C16H15NO2/c17-16(18)14-10-4-5-11-15(14)19-12-6-9-13-7-2-1-3-8-13/h1-11H,12H2,(H2,17,18)/b9-6+. The van der Waals surface area contributed by atoms with E-state index in [1.54, 1.807) is 18.2 Å². The van der Waals surface area contributed by atoms with Crippen LogP contribution in [0.25, 0.3) is 6.08 Å². The third-order valence-electron chi connectivity index (χ3n) is 2.60. The maximum Gasteiger partial charge on any atom is 0.252 e. The van der Waals surface area contributed by atoms with Crippen molar-refractivity contribution >= 4 is 12.0 Å². The maximum atomic E-state index is 11.2. The lowest BCUT2D eigenvalue weighted by Gasteiger charge is -2.06. The molecule has 96 valence electrons. The molecule has 0 heterocycles. The van der Waals surface area contributed by atoms with Crippen molar-refractivity contribution in [3.63, 3.8) is 0 Å². The fourth-order valence-electron chi connectivity index (χ4n) is 1.68. The second kappa shape index (κ2) is 6.40. The minimum Gasteiger partial charge on any atom is -0.489 e. The number of hydrogen-bond acceptors (Lipinski definition) is 2. The van der Waals surface area contributed by atoms with Crippen LogP contribution >= 0.6 is 0 Å². The molecule has 0 aliphatic rings. The van der Waals surface area contributed by atoms with E-state index in [4.69, 9.17) is 10.5 Å². The molecule has 0 atom stereocenters. The molecular weight excluding hydrogens is 238 g/mol. The van der Waals surface area contributed by atoms with Gasteiger partial charge < -0.3 is 10.5 Å². The number of amides is 1. The number of carbonyl (C=O) groups is 1. The lowest BCUT2D eigenvalue weighted by Crippen LogP contribution is -2.12. The van der Waals surface area contributed by atoms with Crippen LogP contribution in [0.2, 0.25) is 0 Å². The van der Waals surface area contributed by atoms with E-state index in [2.05, 4.69) is 0 Å². The van der Waals surface area contributed by atoms with E-state index in [9.17, 15) is 4.79 Å². The zero-order valence-electron chi connectivity index (χ0n) is 10.5. The summed E-state index contributed by atoms with van der Waals surface area (Å²) < 4.78 is 5.53. The molecule has 3 heteroatoms. The Morgan fingerprint density at radius 3 is 2.47 bits per heavy atom. The van der Waals surface area contributed by atoms with E-state index in [1.165, 1.54) is 0 Å². The number of rotatable bonds is 5. The topological polar surface area (TPSA) is 52.3 Å². The smallest absolute Gasteiger partial charge is 0.252 e. The molecular formula is C16H15NO2. The number of carbonyl (C=O) groups excluding carboxylic acids is 1. The Morgan fingerprint density at radius 1 is 1.05 bits per heavy atom. The summed E-state index contributed by atoms with van der Waals surface area (Å²) in [7, 11) is 0. The number of benzene rings is 2. The van der Waals surface area contributed by atoms with E-state index < -0.39 is 5.91 Å². The summed E-state index contributed by atoms with van der Waals surface area (Å²) in [6.45, 7) is 0.388. The molecule has 2 aromatic carbocycles. The van der Waals surface area contributed by atoms with Crippen molar-refractivity contribution in [2.75, 3.05) is 6.61 Å². The van der Waals surface area contributed by atoms with Crippen molar-refractivity contribution in [2.24, 2.45) is 5.73 Å². The van der Waals surface area contributed by atoms with E-state index in [1.807, 2.05) is 48.6 Å². The molecule has 2 rings (SSSR count). The zero-order valence-corrected chi connectivity index (χ0v) is 10.5. The fraction of sp³-hybridized carbons (Fsp3) is 0.0625. The van der Waals surface area contributed by atoms with Crippen LogP contribution in [0, 0.1) is 0 Å². The van der Waals surface area contributed by atoms with Gasteiger partial charge in [0.25, 0.3) is 5.91 Å². The first-order valence-electron chi connectivity index (χ1n) is 6.00. The highest BCUT2D eigenvalue weighted by Crippen LogP contribution is 2.17. The van der Waals surface area contributed by atoms with Crippen LogP contribution < -0.4 is 10.5 Å². The minimum atomic E-state index is -0.484. The molecule has 0 aliphatic heterocycles. The van der Waals surface area contributed by atoms with Gasteiger partial charge in [-0.1, -0.05) is 48.5 Å². The predicted octanol–water partition coefficient (Wildman–Crippen LogP) is 2.88. The molecule has 1 amide bonds. The molecule has 0 spiro atoms. The number of hydrogen-bond donors (Lipinski definition) is 1. The van der Waals surface area contributed by atoms with Crippen LogP contribution in [0.5, 0.6) is 5.75 Å². The van der Waals surface area contributed by atoms with Gasteiger partial charge >= 0.3 is 0 Å². The monoisotopic (exact) mass is 253 g/mol. The maximum absolute atomic E-state index is 11.2. The molecule has 0 bridgehead atoms. The van der Waals surface area contributed by atoms with Gasteiger partial charge in [-0.25, -0.2) is 0 Å². The van der Waals surface area contributed by atoms with Gasteiger partial charge in [0.05, 0.1) is 5.56 Å². The highest BCUT2D eigenvalue weighted by molar-refractivity contribution is 5.95. The van der Waals surface area contributed by atoms with Crippen LogP contribution in [0.4, 0.5) is 0 Å². The molecule has 0 saturated carbocycles. The van der Waals surface area contributed by atoms with Crippen molar-refractivity contribution in [3.8, 4) is 5.75 Å². The van der Waals surface area contributed by atoms with Gasteiger partial charge in [-0.3, -0.25) is 4.79 Å². The van der Waals surface area contributed by atoms with Gasteiger partial charge in [0.2, 0.25) is 0 Å². The van der Waals surface area contributed by atoms with E-state index in [0.717, 1.165) is 5.56 Å².